The number of rotatable bonds is 3. The van der Waals surface area contributed by atoms with E-state index in [1.54, 1.807) is 12.3 Å². The van der Waals surface area contributed by atoms with Gasteiger partial charge in [-0.25, -0.2) is 4.39 Å². The van der Waals surface area contributed by atoms with E-state index in [0.29, 0.717) is 11.6 Å². The van der Waals surface area contributed by atoms with Gasteiger partial charge in [-0.15, -0.1) is 0 Å². The van der Waals surface area contributed by atoms with E-state index >= 15 is 0 Å². The van der Waals surface area contributed by atoms with Crippen LogP contribution in [-0.2, 0) is 0 Å². The number of pyridine rings is 1. The fourth-order valence-electron chi connectivity index (χ4n) is 1.84. The lowest BCUT2D eigenvalue weighted by Crippen LogP contribution is -2.37. The Bertz CT molecular complexity index is 312. The van der Waals surface area contributed by atoms with Crippen molar-refractivity contribution in [2.24, 2.45) is 11.8 Å². The predicted octanol–water partition coefficient (Wildman–Crippen LogP) is 1.53. The van der Waals surface area contributed by atoms with Crippen LogP contribution in [0.25, 0.3) is 0 Å². The van der Waals surface area contributed by atoms with Crippen molar-refractivity contribution in [1.82, 2.24) is 10.4 Å². The molecular formula is C10H14FN3. The number of nitrogens with two attached hydrogens (primary N) is 1. The Kier molecular flexibility index (Phi) is 2.74. The second kappa shape index (κ2) is 4.02. The molecule has 0 saturated heterocycles. The van der Waals surface area contributed by atoms with Crippen molar-refractivity contribution in [3.63, 3.8) is 0 Å². The quantitative estimate of drug-likeness (QED) is 0.568. The van der Waals surface area contributed by atoms with Crippen LogP contribution < -0.4 is 11.3 Å². The van der Waals surface area contributed by atoms with Crippen molar-refractivity contribution >= 4 is 0 Å². The summed E-state index contributed by atoms with van der Waals surface area (Å²) in [6.07, 6.45) is 5.01. The summed E-state index contributed by atoms with van der Waals surface area (Å²) in [5, 5.41) is 0. The van der Waals surface area contributed by atoms with E-state index in [2.05, 4.69) is 10.4 Å². The first-order chi connectivity index (χ1) is 6.83. The van der Waals surface area contributed by atoms with Crippen LogP contribution in [-0.4, -0.2) is 4.98 Å². The molecule has 0 radical (unpaired) electrons. The first kappa shape index (κ1) is 9.55. The molecule has 0 spiro atoms. The highest BCUT2D eigenvalue weighted by atomic mass is 19.1. The molecule has 76 valence electrons. The first-order valence-electron chi connectivity index (χ1n) is 4.89. The highest BCUT2D eigenvalue weighted by Gasteiger charge is 2.30. The summed E-state index contributed by atoms with van der Waals surface area (Å²) >= 11 is 0. The van der Waals surface area contributed by atoms with Crippen LogP contribution in [0.4, 0.5) is 4.39 Å². The normalized spacial score (nSPS) is 19.0. The summed E-state index contributed by atoms with van der Waals surface area (Å²) < 4.78 is 13.4. The topological polar surface area (TPSA) is 50.9 Å². The van der Waals surface area contributed by atoms with Gasteiger partial charge in [0.05, 0.1) is 11.7 Å². The Labute approximate surface area is 82.5 Å². The van der Waals surface area contributed by atoms with E-state index in [0.717, 1.165) is 12.8 Å². The van der Waals surface area contributed by atoms with Gasteiger partial charge in [0, 0.05) is 6.20 Å². The molecule has 1 fully saturated rings. The summed E-state index contributed by atoms with van der Waals surface area (Å²) in [7, 11) is 0. The average molecular weight is 195 g/mol. The Morgan fingerprint density at radius 2 is 2.36 bits per heavy atom. The van der Waals surface area contributed by atoms with E-state index < -0.39 is 0 Å². The average Bonchev–Trinajstić information content (AvgIpc) is 2.12. The van der Waals surface area contributed by atoms with Crippen LogP contribution in [0.2, 0.25) is 0 Å². The van der Waals surface area contributed by atoms with Crippen LogP contribution in [0.3, 0.4) is 0 Å². The third kappa shape index (κ3) is 1.63. The van der Waals surface area contributed by atoms with Gasteiger partial charge in [-0.2, -0.15) is 0 Å². The lowest BCUT2D eigenvalue weighted by atomic mass is 9.78. The molecule has 2 rings (SSSR count). The lowest BCUT2D eigenvalue weighted by Gasteiger charge is -2.32. The number of halogens is 1. The first-order valence-corrected chi connectivity index (χ1v) is 4.89. The molecule has 1 unspecified atom stereocenters. The molecule has 1 aliphatic rings. The maximum Gasteiger partial charge on any atom is 0.146 e. The molecule has 0 bridgehead atoms. The van der Waals surface area contributed by atoms with Crippen LogP contribution in [0.15, 0.2) is 18.3 Å². The van der Waals surface area contributed by atoms with Gasteiger partial charge in [-0.1, -0.05) is 6.42 Å². The number of hydrogen-bond acceptors (Lipinski definition) is 3. The van der Waals surface area contributed by atoms with Gasteiger partial charge in [-0.05, 0) is 30.9 Å². The second-order valence-electron chi connectivity index (χ2n) is 3.71. The number of nitrogens with zero attached hydrogens (tertiary/aromatic N) is 1. The third-order valence-corrected chi connectivity index (χ3v) is 2.88. The molecule has 0 amide bonds. The zero-order chi connectivity index (χ0) is 9.97. The van der Waals surface area contributed by atoms with E-state index in [4.69, 9.17) is 5.84 Å². The Balaban J connectivity index is 2.22. The third-order valence-electron chi connectivity index (χ3n) is 2.88. The van der Waals surface area contributed by atoms with Crippen molar-refractivity contribution in [2.75, 3.05) is 0 Å². The van der Waals surface area contributed by atoms with Crippen LogP contribution in [0, 0.1) is 11.7 Å². The molecule has 1 aromatic heterocycles. The molecule has 0 aliphatic heterocycles. The molecule has 1 aromatic rings. The fourth-order valence-corrected chi connectivity index (χ4v) is 1.84. The molecule has 1 atom stereocenters. The zero-order valence-corrected chi connectivity index (χ0v) is 7.91. The molecule has 3 nitrogen and oxygen atoms in total. The minimum atomic E-state index is -0.276. The molecule has 1 heterocycles. The molecule has 1 aliphatic carbocycles. The van der Waals surface area contributed by atoms with Gasteiger partial charge in [-0.3, -0.25) is 16.3 Å². The summed E-state index contributed by atoms with van der Waals surface area (Å²) in [6, 6.07) is 2.88. The minimum absolute atomic E-state index is 0.134. The van der Waals surface area contributed by atoms with Crippen LogP contribution in [0.5, 0.6) is 0 Å². The summed E-state index contributed by atoms with van der Waals surface area (Å²) in [4.78, 5) is 4.03. The van der Waals surface area contributed by atoms with Gasteiger partial charge in [0.2, 0.25) is 0 Å². The highest BCUT2D eigenvalue weighted by Crippen LogP contribution is 2.37. The van der Waals surface area contributed by atoms with Gasteiger partial charge < -0.3 is 0 Å². The molecule has 0 aromatic carbocycles. The summed E-state index contributed by atoms with van der Waals surface area (Å²) in [5.41, 5.74) is 3.10. The van der Waals surface area contributed by atoms with Gasteiger partial charge >= 0.3 is 0 Å². The van der Waals surface area contributed by atoms with E-state index in [-0.39, 0.29) is 11.9 Å². The molecule has 4 heteroatoms. The van der Waals surface area contributed by atoms with Crippen molar-refractivity contribution in [1.29, 1.82) is 0 Å². The van der Waals surface area contributed by atoms with E-state index in [1.807, 2.05) is 0 Å². The zero-order valence-electron chi connectivity index (χ0n) is 7.91. The van der Waals surface area contributed by atoms with Crippen molar-refractivity contribution in [3.8, 4) is 0 Å². The van der Waals surface area contributed by atoms with Gasteiger partial charge in [0.1, 0.15) is 5.82 Å². The number of nitrogens with one attached hydrogen (secondary N) is 1. The maximum absolute atomic E-state index is 13.4. The van der Waals surface area contributed by atoms with E-state index in [1.165, 1.54) is 12.5 Å². The molecule has 1 saturated carbocycles. The number of hydrogen-bond donors (Lipinski definition) is 2. The monoisotopic (exact) mass is 195 g/mol. The minimum Gasteiger partial charge on any atom is -0.271 e. The van der Waals surface area contributed by atoms with Gasteiger partial charge in [0.25, 0.3) is 0 Å². The van der Waals surface area contributed by atoms with Gasteiger partial charge in [0.15, 0.2) is 0 Å². The highest BCUT2D eigenvalue weighted by molar-refractivity contribution is 5.13. The largest absolute Gasteiger partial charge is 0.271 e. The van der Waals surface area contributed by atoms with Crippen molar-refractivity contribution < 1.29 is 4.39 Å². The van der Waals surface area contributed by atoms with Crippen molar-refractivity contribution in [3.05, 3.63) is 29.8 Å². The van der Waals surface area contributed by atoms with Crippen molar-refractivity contribution in [2.45, 2.75) is 25.3 Å². The Morgan fingerprint density at radius 3 is 2.86 bits per heavy atom. The number of hydrazine groups is 1. The standard InChI is InChI=1S/C10H14FN3/c11-8-5-2-6-13-10(8)9(14-12)7-3-1-4-7/h2,5-7,9,14H,1,3-4,12H2. The van der Waals surface area contributed by atoms with E-state index in [9.17, 15) is 4.39 Å². The summed E-state index contributed by atoms with van der Waals surface area (Å²) in [6.45, 7) is 0. The summed E-state index contributed by atoms with van der Waals surface area (Å²) in [5.74, 6) is 5.59. The fraction of sp³-hybridized carbons (Fsp3) is 0.500. The Hall–Kier alpha value is -1.00. The van der Waals surface area contributed by atoms with Crippen LogP contribution in [0.1, 0.15) is 31.0 Å². The molecule has 3 N–H and O–H groups in total. The maximum atomic E-state index is 13.4. The van der Waals surface area contributed by atoms with Crippen LogP contribution >= 0.6 is 0 Å². The molecular weight excluding hydrogens is 181 g/mol. The Morgan fingerprint density at radius 1 is 1.57 bits per heavy atom. The number of aromatic nitrogens is 1. The SMILES string of the molecule is NNC(c1ncccc1F)C1CCC1. The molecule has 14 heavy (non-hydrogen) atoms. The lowest BCUT2D eigenvalue weighted by molar-refractivity contribution is 0.224. The smallest absolute Gasteiger partial charge is 0.146 e. The second-order valence-corrected chi connectivity index (χ2v) is 3.71. The predicted molar refractivity (Wildman–Crippen MR) is 51.6 cm³/mol.